The standard InChI is InChI=1S/C10H18FNO2/c1-2-9(10(13)14)12-5-3-4-8(6-11)7-12/h8-9H,2-7H2,1H3,(H,13,14)/t8-,9-/m1/s1. The predicted molar refractivity (Wildman–Crippen MR) is 52.0 cm³/mol. The molecule has 1 saturated heterocycles. The molecule has 3 nitrogen and oxygen atoms in total. The van der Waals surface area contributed by atoms with Gasteiger partial charge in [0.25, 0.3) is 0 Å². The number of likely N-dealkylation sites (tertiary alicyclic amines) is 1. The number of aliphatic carboxylic acids is 1. The third-order valence-electron chi connectivity index (χ3n) is 2.88. The maximum Gasteiger partial charge on any atom is 0.320 e. The third-order valence-corrected chi connectivity index (χ3v) is 2.88. The minimum atomic E-state index is -0.785. The Morgan fingerprint density at radius 2 is 2.43 bits per heavy atom. The summed E-state index contributed by atoms with van der Waals surface area (Å²) >= 11 is 0. The summed E-state index contributed by atoms with van der Waals surface area (Å²) in [5.74, 6) is -0.746. The number of piperidine rings is 1. The monoisotopic (exact) mass is 203 g/mol. The summed E-state index contributed by atoms with van der Waals surface area (Å²) < 4.78 is 12.4. The van der Waals surface area contributed by atoms with Crippen LogP contribution in [0.15, 0.2) is 0 Å². The summed E-state index contributed by atoms with van der Waals surface area (Å²) in [5, 5.41) is 8.95. The Morgan fingerprint density at radius 3 is 2.93 bits per heavy atom. The van der Waals surface area contributed by atoms with Gasteiger partial charge < -0.3 is 5.11 Å². The molecule has 0 aromatic rings. The molecule has 0 bridgehead atoms. The maximum atomic E-state index is 12.4. The predicted octanol–water partition coefficient (Wildman–Crippen LogP) is 1.53. The van der Waals surface area contributed by atoms with Crippen LogP contribution in [0.25, 0.3) is 0 Å². The molecule has 0 aliphatic carbocycles. The molecule has 1 rings (SSSR count). The first-order chi connectivity index (χ1) is 6.69. The van der Waals surface area contributed by atoms with Crippen LogP contribution >= 0.6 is 0 Å². The van der Waals surface area contributed by atoms with Crippen molar-refractivity contribution in [3.63, 3.8) is 0 Å². The Kier molecular flexibility index (Phi) is 4.32. The Hall–Kier alpha value is -0.640. The Labute approximate surface area is 83.9 Å². The van der Waals surface area contributed by atoms with E-state index in [2.05, 4.69) is 0 Å². The van der Waals surface area contributed by atoms with Crippen molar-refractivity contribution in [2.75, 3.05) is 19.8 Å². The summed E-state index contributed by atoms with van der Waals surface area (Å²) in [6.45, 7) is 2.92. The van der Waals surface area contributed by atoms with Crippen molar-refractivity contribution in [3.8, 4) is 0 Å². The largest absolute Gasteiger partial charge is 0.480 e. The van der Waals surface area contributed by atoms with Crippen LogP contribution in [-0.2, 0) is 4.79 Å². The van der Waals surface area contributed by atoms with Gasteiger partial charge in [0, 0.05) is 12.5 Å². The number of alkyl halides is 1. The number of halogens is 1. The van der Waals surface area contributed by atoms with Gasteiger partial charge in [-0.2, -0.15) is 0 Å². The van der Waals surface area contributed by atoms with Crippen molar-refractivity contribution in [1.29, 1.82) is 0 Å². The molecular weight excluding hydrogens is 185 g/mol. The van der Waals surface area contributed by atoms with E-state index >= 15 is 0 Å². The highest BCUT2D eigenvalue weighted by atomic mass is 19.1. The first-order valence-electron chi connectivity index (χ1n) is 5.21. The van der Waals surface area contributed by atoms with Crippen molar-refractivity contribution in [3.05, 3.63) is 0 Å². The lowest BCUT2D eigenvalue weighted by Gasteiger charge is -2.35. The zero-order chi connectivity index (χ0) is 10.6. The van der Waals surface area contributed by atoms with Gasteiger partial charge in [0.1, 0.15) is 6.04 Å². The van der Waals surface area contributed by atoms with E-state index < -0.39 is 12.0 Å². The molecule has 1 N–H and O–H groups in total. The lowest BCUT2D eigenvalue weighted by atomic mass is 9.97. The van der Waals surface area contributed by atoms with Crippen LogP contribution < -0.4 is 0 Å². The van der Waals surface area contributed by atoms with Gasteiger partial charge in [-0.15, -0.1) is 0 Å². The fourth-order valence-electron chi connectivity index (χ4n) is 2.10. The normalized spacial score (nSPS) is 26.0. The molecule has 0 spiro atoms. The molecule has 0 aromatic carbocycles. The molecule has 0 aromatic heterocycles. The van der Waals surface area contributed by atoms with Gasteiger partial charge >= 0.3 is 5.97 Å². The molecule has 0 amide bonds. The summed E-state index contributed by atoms with van der Waals surface area (Å²) in [5.41, 5.74) is 0. The Morgan fingerprint density at radius 1 is 1.71 bits per heavy atom. The zero-order valence-electron chi connectivity index (χ0n) is 8.58. The minimum Gasteiger partial charge on any atom is -0.480 e. The van der Waals surface area contributed by atoms with E-state index in [4.69, 9.17) is 5.11 Å². The van der Waals surface area contributed by atoms with Crippen LogP contribution in [0.2, 0.25) is 0 Å². The molecule has 1 aliphatic heterocycles. The van der Waals surface area contributed by atoms with E-state index in [-0.39, 0.29) is 12.6 Å². The highest BCUT2D eigenvalue weighted by Gasteiger charge is 2.28. The van der Waals surface area contributed by atoms with E-state index in [9.17, 15) is 9.18 Å². The minimum absolute atomic E-state index is 0.0390. The van der Waals surface area contributed by atoms with E-state index in [1.54, 1.807) is 0 Å². The number of nitrogens with zero attached hydrogens (tertiary/aromatic N) is 1. The van der Waals surface area contributed by atoms with Gasteiger partial charge in [0.2, 0.25) is 0 Å². The molecule has 4 heteroatoms. The second-order valence-corrected chi connectivity index (χ2v) is 3.92. The number of carboxylic acids is 1. The number of carbonyl (C=O) groups is 1. The number of hydrogen-bond acceptors (Lipinski definition) is 2. The van der Waals surface area contributed by atoms with Gasteiger partial charge in [-0.1, -0.05) is 6.92 Å². The highest BCUT2D eigenvalue weighted by Crippen LogP contribution is 2.20. The van der Waals surface area contributed by atoms with Crippen molar-refractivity contribution >= 4 is 5.97 Å². The van der Waals surface area contributed by atoms with E-state index in [1.807, 2.05) is 11.8 Å². The van der Waals surface area contributed by atoms with Crippen molar-refractivity contribution in [1.82, 2.24) is 4.90 Å². The Bertz CT molecular complexity index is 199. The lowest BCUT2D eigenvalue weighted by molar-refractivity contribution is -0.144. The van der Waals surface area contributed by atoms with Gasteiger partial charge in [0.05, 0.1) is 6.67 Å². The van der Waals surface area contributed by atoms with Gasteiger partial charge in [0.15, 0.2) is 0 Å². The van der Waals surface area contributed by atoms with Crippen LogP contribution in [0.1, 0.15) is 26.2 Å². The summed E-state index contributed by atoms with van der Waals surface area (Å²) in [6.07, 6.45) is 2.40. The smallest absolute Gasteiger partial charge is 0.320 e. The first-order valence-corrected chi connectivity index (χ1v) is 5.21. The zero-order valence-corrected chi connectivity index (χ0v) is 8.58. The van der Waals surface area contributed by atoms with Gasteiger partial charge in [-0.3, -0.25) is 14.1 Å². The lowest BCUT2D eigenvalue weighted by Crippen LogP contribution is -2.46. The summed E-state index contributed by atoms with van der Waals surface area (Å²) in [6, 6.07) is -0.427. The van der Waals surface area contributed by atoms with E-state index in [0.29, 0.717) is 13.0 Å². The topological polar surface area (TPSA) is 40.5 Å². The van der Waals surface area contributed by atoms with Gasteiger partial charge in [-0.05, 0) is 25.8 Å². The van der Waals surface area contributed by atoms with Gasteiger partial charge in [-0.25, -0.2) is 0 Å². The molecule has 82 valence electrons. The van der Waals surface area contributed by atoms with Crippen LogP contribution in [0, 0.1) is 5.92 Å². The quantitative estimate of drug-likeness (QED) is 0.753. The maximum absolute atomic E-state index is 12.4. The molecule has 0 saturated carbocycles. The van der Waals surface area contributed by atoms with Crippen molar-refractivity contribution < 1.29 is 14.3 Å². The molecule has 1 heterocycles. The fraction of sp³-hybridized carbons (Fsp3) is 0.900. The molecule has 1 aliphatic rings. The molecule has 0 radical (unpaired) electrons. The van der Waals surface area contributed by atoms with Crippen LogP contribution in [-0.4, -0.2) is 41.8 Å². The van der Waals surface area contributed by atoms with Crippen LogP contribution in [0.3, 0.4) is 0 Å². The van der Waals surface area contributed by atoms with E-state index in [0.717, 1.165) is 19.4 Å². The molecule has 14 heavy (non-hydrogen) atoms. The van der Waals surface area contributed by atoms with E-state index in [1.165, 1.54) is 0 Å². The van der Waals surface area contributed by atoms with Crippen LogP contribution in [0.5, 0.6) is 0 Å². The number of hydrogen-bond donors (Lipinski definition) is 1. The third kappa shape index (κ3) is 2.67. The number of carboxylic acid groups (broad SMARTS) is 1. The molecule has 2 atom stereocenters. The molecule has 0 unspecified atom stereocenters. The summed E-state index contributed by atoms with van der Waals surface area (Å²) in [7, 11) is 0. The van der Waals surface area contributed by atoms with Crippen molar-refractivity contribution in [2.45, 2.75) is 32.2 Å². The summed E-state index contributed by atoms with van der Waals surface area (Å²) in [4.78, 5) is 12.8. The molecule has 1 fully saturated rings. The second kappa shape index (κ2) is 5.29. The molecular formula is C10H18FNO2. The SMILES string of the molecule is CC[C@H](C(=O)O)N1CCC[C@H](CF)C1. The van der Waals surface area contributed by atoms with Crippen LogP contribution in [0.4, 0.5) is 4.39 Å². The number of rotatable bonds is 4. The fourth-order valence-corrected chi connectivity index (χ4v) is 2.10. The van der Waals surface area contributed by atoms with Crippen molar-refractivity contribution in [2.24, 2.45) is 5.92 Å². The average Bonchev–Trinajstić information content (AvgIpc) is 2.19. The highest BCUT2D eigenvalue weighted by molar-refractivity contribution is 5.73. The Balaban J connectivity index is 2.53. The first kappa shape index (κ1) is 11.4. The second-order valence-electron chi connectivity index (χ2n) is 3.92. The average molecular weight is 203 g/mol.